The van der Waals surface area contributed by atoms with Crippen molar-refractivity contribution in [3.8, 4) is 5.75 Å². The van der Waals surface area contributed by atoms with Gasteiger partial charge in [-0.25, -0.2) is 0 Å². The first kappa shape index (κ1) is 10.8. The molecule has 1 aromatic rings. The summed E-state index contributed by atoms with van der Waals surface area (Å²) >= 11 is 5.20. The molecule has 0 aliphatic heterocycles. The first-order chi connectivity index (χ1) is 6.59. The molecule has 0 radical (unpaired) electrons. The Balaban J connectivity index is 2.50. The highest BCUT2D eigenvalue weighted by molar-refractivity contribution is 6.67. The number of halogens is 1. The van der Waals surface area contributed by atoms with Crippen LogP contribution < -0.4 is 4.74 Å². The van der Waals surface area contributed by atoms with Gasteiger partial charge in [-0.3, -0.25) is 4.79 Å². The van der Waals surface area contributed by atoms with Gasteiger partial charge < -0.3 is 4.74 Å². The second-order valence-electron chi connectivity index (χ2n) is 2.98. The van der Waals surface area contributed by atoms with Crippen LogP contribution in [0.2, 0.25) is 0 Å². The second kappa shape index (κ2) is 4.82. The summed E-state index contributed by atoms with van der Waals surface area (Å²) in [5, 5.41) is -0.558. The molecule has 0 aliphatic rings. The standard InChI is InChI=1S/C11H11ClO2/c1-8-3-5-10(6-4-8)14-7-9(2)11(12)13/h3-6H,2,7H2,1H3. The van der Waals surface area contributed by atoms with Gasteiger partial charge >= 0.3 is 0 Å². The number of aryl methyl sites for hydroxylation is 1. The normalized spacial score (nSPS) is 9.57. The van der Waals surface area contributed by atoms with Crippen LogP contribution in [0.3, 0.4) is 0 Å². The van der Waals surface area contributed by atoms with E-state index < -0.39 is 5.24 Å². The summed E-state index contributed by atoms with van der Waals surface area (Å²) in [6.45, 7) is 5.60. The monoisotopic (exact) mass is 210 g/mol. The van der Waals surface area contributed by atoms with Crippen LogP contribution in [0, 0.1) is 6.92 Å². The van der Waals surface area contributed by atoms with Gasteiger partial charge in [0.05, 0.1) is 0 Å². The van der Waals surface area contributed by atoms with E-state index in [9.17, 15) is 4.79 Å². The summed E-state index contributed by atoms with van der Waals surface area (Å²) in [5.74, 6) is 0.703. The van der Waals surface area contributed by atoms with Crippen molar-refractivity contribution >= 4 is 16.8 Å². The molecule has 1 aromatic carbocycles. The molecule has 0 fully saturated rings. The molecule has 0 aliphatic carbocycles. The van der Waals surface area contributed by atoms with E-state index >= 15 is 0 Å². The number of hydrogen-bond donors (Lipinski definition) is 0. The third-order valence-electron chi connectivity index (χ3n) is 1.71. The maximum atomic E-state index is 10.6. The highest BCUT2D eigenvalue weighted by atomic mass is 35.5. The Hall–Kier alpha value is -1.28. The molecule has 1 rings (SSSR count). The average molecular weight is 211 g/mol. The summed E-state index contributed by atoms with van der Waals surface area (Å²) in [4.78, 5) is 10.6. The second-order valence-corrected chi connectivity index (χ2v) is 3.32. The molecule has 0 saturated heterocycles. The van der Waals surface area contributed by atoms with Gasteiger partial charge in [-0.05, 0) is 30.7 Å². The molecule has 2 nitrogen and oxygen atoms in total. The Kier molecular flexibility index (Phi) is 3.72. The molecule has 0 aromatic heterocycles. The number of carbonyl (C=O) groups excluding carboxylic acids is 1. The molecule has 0 spiro atoms. The lowest BCUT2D eigenvalue weighted by Crippen LogP contribution is -2.04. The van der Waals surface area contributed by atoms with Crippen molar-refractivity contribution < 1.29 is 9.53 Å². The quantitative estimate of drug-likeness (QED) is 0.564. The zero-order valence-electron chi connectivity index (χ0n) is 7.92. The molecule has 0 unspecified atom stereocenters. The average Bonchev–Trinajstić information content (AvgIpc) is 2.16. The maximum absolute atomic E-state index is 10.6. The lowest BCUT2D eigenvalue weighted by molar-refractivity contribution is -0.108. The maximum Gasteiger partial charge on any atom is 0.251 e. The third kappa shape index (κ3) is 3.23. The van der Waals surface area contributed by atoms with E-state index in [4.69, 9.17) is 16.3 Å². The molecule has 0 heterocycles. The molecular weight excluding hydrogens is 200 g/mol. The van der Waals surface area contributed by atoms with Gasteiger partial charge in [0.2, 0.25) is 0 Å². The Morgan fingerprint density at radius 2 is 2.00 bits per heavy atom. The van der Waals surface area contributed by atoms with E-state index in [-0.39, 0.29) is 12.2 Å². The summed E-state index contributed by atoms with van der Waals surface area (Å²) in [6.07, 6.45) is 0. The number of rotatable bonds is 4. The Morgan fingerprint density at radius 1 is 1.43 bits per heavy atom. The molecule has 0 amide bonds. The predicted octanol–water partition coefficient (Wildman–Crippen LogP) is 2.70. The summed E-state index contributed by atoms with van der Waals surface area (Å²) in [5.41, 5.74) is 1.41. The minimum Gasteiger partial charge on any atom is -0.489 e. The fourth-order valence-corrected chi connectivity index (χ4v) is 0.916. The molecule has 14 heavy (non-hydrogen) atoms. The van der Waals surface area contributed by atoms with Crippen LogP contribution in [0.5, 0.6) is 5.75 Å². The molecule has 74 valence electrons. The number of ether oxygens (including phenoxy) is 1. The van der Waals surface area contributed by atoms with Crippen LogP contribution in [0.15, 0.2) is 36.4 Å². The van der Waals surface area contributed by atoms with Crippen molar-refractivity contribution in [2.75, 3.05) is 6.61 Å². The zero-order chi connectivity index (χ0) is 10.6. The van der Waals surface area contributed by atoms with E-state index in [1.54, 1.807) is 0 Å². The number of benzene rings is 1. The van der Waals surface area contributed by atoms with Gasteiger partial charge in [0.25, 0.3) is 5.24 Å². The fraction of sp³-hybridized carbons (Fsp3) is 0.182. The van der Waals surface area contributed by atoms with Gasteiger partial charge in [0.15, 0.2) is 0 Å². The van der Waals surface area contributed by atoms with Crippen LogP contribution in [0.1, 0.15) is 5.56 Å². The van der Waals surface area contributed by atoms with Crippen LogP contribution in [0.25, 0.3) is 0 Å². The Labute approximate surface area is 88.1 Å². The molecule has 0 N–H and O–H groups in total. The first-order valence-corrected chi connectivity index (χ1v) is 4.54. The number of carbonyl (C=O) groups is 1. The fourth-order valence-electron chi connectivity index (χ4n) is 0.862. The molecule has 0 saturated carbocycles. The SMILES string of the molecule is C=C(COc1ccc(C)cc1)C(=O)Cl. The highest BCUT2D eigenvalue weighted by Crippen LogP contribution is 2.12. The zero-order valence-corrected chi connectivity index (χ0v) is 8.67. The van der Waals surface area contributed by atoms with Gasteiger partial charge in [0.1, 0.15) is 12.4 Å². The molecule has 3 heteroatoms. The van der Waals surface area contributed by atoms with Crippen molar-refractivity contribution in [1.82, 2.24) is 0 Å². The lowest BCUT2D eigenvalue weighted by Gasteiger charge is -2.05. The Morgan fingerprint density at radius 3 is 2.50 bits per heavy atom. The van der Waals surface area contributed by atoms with Gasteiger partial charge in [-0.15, -0.1) is 0 Å². The topological polar surface area (TPSA) is 26.3 Å². The van der Waals surface area contributed by atoms with E-state index in [1.807, 2.05) is 31.2 Å². The smallest absolute Gasteiger partial charge is 0.251 e. The lowest BCUT2D eigenvalue weighted by atomic mass is 10.2. The first-order valence-electron chi connectivity index (χ1n) is 4.16. The third-order valence-corrected chi connectivity index (χ3v) is 1.98. The van der Waals surface area contributed by atoms with Gasteiger partial charge in [-0.1, -0.05) is 24.3 Å². The minimum atomic E-state index is -0.558. The molecule has 0 bridgehead atoms. The number of hydrogen-bond acceptors (Lipinski definition) is 2. The van der Waals surface area contributed by atoms with Crippen molar-refractivity contribution in [2.45, 2.75) is 6.92 Å². The molecular formula is C11H11ClO2. The van der Waals surface area contributed by atoms with Crippen molar-refractivity contribution in [3.63, 3.8) is 0 Å². The van der Waals surface area contributed by atoms with Crippen LogP contribution in [-0.4, -0.2) is 11.8 Å². The summed E-state index contributed by atoms with van der Waals surface area (Å²) < 4.78 is 5.28. The van der Waals surface area contributed by atoms with Gasteiger partial charge in [0, 0.05) is 5.57 Å². The largest absolute Gasteiger partial charge is 0.489 e. The summed E-state index contributed by atoms with van der Waals surface area (Å²) in [6, 6.07) is 7.53. The Bertz CT molecular complexity index is 341. The van der Waals surface area contributed by atoms with Crippen LogP contribution in [-0.2, 0) is 4.79 Å². The van der Waals surface area contributed by atoms with Crippen LogP contribution in [0.4, 0.5) is 0 Å². The molecule has 0 atom stereocenters. The highest BCUT2D eigenvalue weighted by Gasteiger charge is 2.03. The van der Waals surface area contributed by atoms with Crippen molar-refractivity contribution in [3.05, 3.63) is 42.0 Å². The summed E-state index contributed by atoms with van der Waals surface area (Å²) in [7, 11) is 0. The van der Waals surface area contributed by atoms with E-state index in [0.29, 0.717) is 5.75 Å². The van der Waals surface area contributed by atoms with E-state index in [1.165, 1.54) is 0 Å². The van der Waals surface area contributed by atoms with E-state index in [2.05, 4.69) is 6.58 Å². The van der Waals surface area contributed by atoms with Crippen molar-refractivity contribution in [2.24, 2.45) is 0 Å². The van der Waals surface area contributed by atoms with Gasteiger partial charge in [-0.2, -0.15) is 0 Å². The predicted molar refractivity (Wildman–Crippen MR) is 56.7 cm³/mol. The van der Waals surface area contributed by atoms with Crippen LogP contribution >= 0.6 is 11.6 Å². The minimum absolute atomic E-state index is 0.130. The van der Waals surface area contributed by atoms with E-state index in [0.717, 1.165) is 5.56 Å². The van der Waals surface area contributed by atoms with Crippen molar-refractivity contribution in [1.29, 1.82) is 0 Å².